The van der Waals surface area contributed by atoms with Crippen molar-refractivity contribution in [2.75, 3.05) is 27.3 Å². The van der Waals surface area contributed by atoms with Gasteiger partial charge in [-0.25, -0.2) is 4.98 Å². The van der Waals surface area contributed by atoms with Crippen molar-refractivity contribution in [3.63, 3.8) is 0 Å². The molecule has 6 heteroatoms. The molecule has 1 aliphatic carbocycles. The number of fused-ring (bicyclic) bond motifs is 1. The van der Waals surface area contributed by atoms with E-state index in [4.69, 9.17) is 4.74 Å². The number of pyridine rings is 1. The van der Waals surface area contributed by atoms with Gasteiger partial charge in [-0.05, 0) is 43.7 Å². The number of guanidine groups is 1. The SMILES string of the molecule is CN=C(NCc1cn2c(C)cccc2n1)NCC1(CCOC)CCC1. The molecule has 2 N–H and O–H groups in total. The Morgan fingerprint density at radius 2 is 2.20 bits per heavy atom. The molecule has 0 spiro atoms. The lowest BCUT2D eigenvalue weighted by molar-refractivity contribution is 0.0732. The van der Waals surface area contributed by atoms with Crippen molar-refractivity contribution in [2.24, 2.45) is 10.4 Å². The second-order valence-corrected chi connectivity index (χ2v) is 7.00. The van der Waals surface area contributed by atoms with Gasteiger partial charge in [-0.2, -0.15) is 0 Å². The number of methoxy groups -OCH3 is 1. The van der Waals surface area contributed by atoms with Crippen molar-refractivity contribution >= 4 is 11.6 Å². The van der Waals surface area contributed by atoms with Crippen molar-refractivity contribution in [2.45, 2.75) is 39.2 Å². The minimum atomic E-state index is 0.369. The molecule has 0 atom stereocenters. The lowest BCUT2D eigenvalue weighted by atomic mass is 9.67. The van der Waals surface area contributed by atoms with Crippen LogP contribution in [0.1, 0.15) is 37.1 Å². The highest BCUT2D eigenvalue weighted by Crippen LogP contribution is 2.43. The number of ether oxygens (including phenoxy) is 1. The fourth-order valence-electron chi connectivity index (χ4n) is 3.46. The number of nitrogens with one attached hydrogen (secondary N) is 2. The highest BCUT2D eigenvalue weighted by Gasteiger charge is 2.36. The fourth-order valence-corrected chi connectivity index (χ4v) is 3.46. The predicted molar refractivity (Wildman–Crippen MR) is 101 cm³/mol. The van der Waals surface area contributed by atoms with Gasteiger partial charge in [0.1, 0.15) is 5.65 Å². The molecule has 25 heavy (non-hydrogen) atoms. The third-order valence-electron chi connectivity index (χ3n) is 5.29. The number of imidazole rings is 1. The maximum atomic E-state index is 5.27. The Balaban J connectivity index is 1.54. The maximum absolute atomic E-state index is 5.27. The number of hydrogen-bond donors (Lipinski definition) is 2. The average molecular weight is 343 g/mol. The van der Waals surface area contributed by atoms with E-state index in [-0.39, 0.29) is 0 Å². The molecule has 1 fully saturated rings. The highest BCUT2D eigenvalue weighted by atomic mass is 16.5. The Morgan fingerprint density at radius 1 is 1.36 bits per heavy atom. The van der Waals surface area contributed by atoms with Gasteiger partial charge in [-0.15, -0.1) is 0 Å². The van der Waals surface area contributed by atoms with Crippen molar-refractivity contribution in [3.8, 4) is 0 Å². The van der Waals surface area contributed by atoms with Crippen molar-refractivity contribution in [3.05, 3.63) is 35.8 Å². The molecule has 2 heterocycles. The topological polar surface area (TPSA) is 63.0 Å². The zero-order chi connectivity index (χ0) is 17.7. The summed E-state index contributed by atoms with van der Waals surface area (Å²) in [5.41, 5.74) is 3.54. The molecule has 0 amide bonds. The molecule has 0 saturated heterocycles. The molecule has 0 radical (unpaired) electrons. The van der Waals surface area contributed by atoms with E-state index >= 15 is 0 Å². The standard InChI is InChI=1S/C19H29N5O/c1-15-6-4-7-17-23-16(13-24(15)17)12-21-18(20-2)22-14-19(8-5-9-19)10-11-25-3/h4,6-7,13H,5,8-12,14H2,1-3H3,(H2,20,21,22). The molecule has 0 unspecified atom stereocenters. The predicted octanol–water partition coefficient (Wildman–Crippen LogP) is 2.51. The third-order valence-corrected chi connectivity index (χ3v) is 5.29. The van der Waals surface area contributed by atoms with Gasteiger partial charge in [0.15, 0.2) is 5.96 Å². The fraction of sp³-hybridized carbons (Fsp3) is 0.579. The summed E-state index contributed by atoms with van der Waals surface area (Å²) in [6.07, 6.45) is 7.05. The van der Waals surface area contributed by atoms with Crippen molar-refractivity contribution < 1.29 is 4.74 Å². The largest absolute Gasteiger partial charge is 0.385 e. The van der Waals surface area contributed by atoms with E-state index in [2.05, 4.69) is 44.2 Å². The minimum Gasteiger partial charge on any atom is -0.385 e. The van der Waals surface area contributed by atoms with Gasteiger partial charge in [0.25, 0.3) is 0 Å². The molecule has 2 aromatic heterocycles. The molecule has 2 aromatic rings. The van der Waals surface area contributed by atoms with E-state index in [1.54, 1.807) is 7.11 Å². The van der Waals surface area contributed by atoms with Gasteiger partial charge in [0.2, 0.25) is 0 Å². The Bertz CT molecular complexity index is 732. The minimum absolute atomic E-state index is 0.369. The summed E-state index contributed by atoms with van der Waals surface area (Å²) in [5.74, 6) is 0.831. The summed E-state index contributed by atoms with van der Waals surface area (Å²) in [4.78, 5) is 9.00. The zero-order valence-electron chi connectivity index (χ0n) is 15.5. The van der Waals surface area contributed by atoms with Crippen LogP contribution in [0.3, 0.4) is 0 Å². The third kappa shape index (κ3) is 4.12. The van der Waals surface area contributed by atoms with E-state index < -0.39 is 0 Å². The van der Waals surface area contributed by atoms with Crippen LogP contribution in [0.25, 0.3) is 5.65 Å². The lowest BCUT2D eigenvalue weighted by Crippen LogP contribution is -2.46. The van der Waals surface area contributed by atoms with Gasteiger partial charge >= 0.3 is 0 Å². The second kappa shape index (κ2) is 7.87. The average Bonchev–Trinajstić information content (AvgIpc) is 3.00. The van der Waals surface area contributed by atoms with Gasteiger partial charge in [0.05, 0.1) is 12.2 Å². The van der Waals surface area contributed by atoms with Crippen LogP contribution in [-0.2, 0) is 11.3 Å². The van der Waals surface area contributed by atoms with Crippen LogP contribution in [0.4, 0.5) is 0 Å². The normalized spacial score (nSPS) is 16.7. The van der Waals surface area contributed by atoms with Gasteiger partial charge in [0, 0.05) is 39.2 Å². The summed E-state index contributed by atoms with van der Waals surface area (Å²) < 4.78 is 7.38. The first-order valence-corrected chi connectivity index (χ1v) is 9.03. The van der Waals surface area contributed by atoms with Gasteiger partial charge in [-0.1, -0.05) is 12.5 Å². The summed E-state index contributed by atoms with van der Waals surface area (Å²) >= 11 is 0. The Morgan fingerprint density at radius 3 is 2.84 bits per heavy atom. The molecule has 6 nitrogen and oxygen atoms in total. The quantitative estimate of drug-likeness (QED) is 0.599. The number of aliphatic imine (C=N–C) groups is 1. The van der Waals surface area contributed by atoms with E-state index in [1.165, 1.54) is 25.0 Å². The van der Waals surface area contributed by atoms with E-state index in [0.29, 0.717) is 12.0 Å². The van der Waals surface area contributed by atoms with Crippen LogP contribution in [0.15, 0.2) is 29.4 Å². The number of nitrogens with zero attached hydrogens (tertiary/aromatic N) is 3. The Kier molecular flexibility index (Phi) is 5.58. The lowest BCUT2D eigenvalue weighted by Gasteiger charge is -2.42. The van der Waals surface area contributed by atoms with Gasteiger partial charge < -0.3 is 19.8 Å². The van der Waals surface area contributed by atoms with Crippen LogP contribution < -0.4 is 10.6 Å². The van der Waals surface area contributed by atoms with Crippen LogP contribution >= 0.6 is 0 Å². The molecule has 3 rings (SSSR count). The van der Waals surface area contributed by atoms with E-state index in [9.17, 15) is 0 Å². The second-order valence-electron chi connectivity index (χ2n) is 7.00. The van der Waals surface area contributed by atoms with Crippen LogP contribution in [0, 0.1) is 12.3 Å². The molecule has 0 aromatic carbocycles. The maximum Gasteiger partial charge on any atom is 0.191 e. The summed E-state index contributed by atoms with van der Waals surface area (Å²) in [7, 11) is 3.59. The highest BCUT2D eigenvalue weighted by molar-refractivity contribution is 5.79. The molecular formula is C19H29N5O. The number of aryl methyl sites for hydroxylation is 1. The molecule has 136 valence electrons. The van der Waals surface area contributed by atoms with Crippen LogP contribution in [0.2, 0.25) is 0 Å². The summed E-state index contributed by atoms with van der Waals surface area (Å²) in [6.45, 7) is 4.52. The molecular weight excluding hydrogens is 314 g/mol. The number of hydrogen-bond acceptors (Lipinski definition) is 3. The molecule has 0 aliphatic heterocycles. The van der Waals surface area contributed by atoms with E-state index in [1.807, 2.05) is 19.2 Å². The first-order valence-electron chi connectivity index (χ1n) is 9.03. The van der Waals surface area contributed by atoms with E-state index in [0.717, 1.165) is 36.9 Å². The first kappa shape index (κ1) is 17.7. The van der Waals surface area contributed by atoms with Crippen LogP contribution in [-0.4, -0.2) is 42.7 Å². The summed E-state index contributed by atoms with van der Waals surface area (Å²) in [5, 5.41) is 6.86. The summed E-state index contributed by atoms with van der Waals surface area (Å²) in [6, 6.07) is 6.15. The van der Waals surface area contributed by atoms with Gasteiger partial charge in [-0.3, -0.25) is 4.99 Å². The Hall–Kier alpha value is -2.08. The molecule has 1 aliphatic rings. The Labute approximate surface area is 149 Å². The monoisotopic (exact) mass is 343 g/mol. The first-order chi connectivity index (χ1) is 12.2. The number of rotatable bonds is 7. The van der Waals surface area contributed by atoms with Crippen LogP contribution in [0.5, 0.6) is 0 Å². The molecule has 1 saturated carbocycles. The number of aromatic nitrogens is 2. The zero-order valence-corrected chi connectivity index (χ0v) is 15.5. The van der Waals surface area contributed by atoms with Crippen molar-refractivity contribution in [1.82, 2.24) is 20.0 Å². The van der Waals surface area contributed by atoms with Crippen molar-refractivity contribution in [1.29, 1.82) is 0 Å². The molecule has 0 bridgehead atoms. The smallest absolute Gasteiger partial charge is 0.191 e.